The summed E-state index contributed by atoms with van der Waals surface area (Å²) in [6.07, 6.45) is 6.10. The molecular weight excluding hydrogens is 350 g/mol. The Morgan fingerprint density at radius 2 is 2.18 bits per heavy atom. The normalized spacial score (nSPS) is 13.0. The summed E-state index contributed by atoms with van der Waals surface area (Å²) in [4.78, 5) is 17.0. The first kappa shape index (κ1) is 18.3. The maximum absolute atomic E-state index is 12.3. The number of hydrogen-bond acceptors (Lipinski definition) is 3. The van der Waals surface area contributed by atoms with Gasteiger partial charge in [0.25, 0.3) is 0 Å². The monoisotopic (exact) mass is 377 g/mol. The van der Waals surface area contributed by atoms with Crippen LogP contribution in [0.25, 0.3) is 10.9 Å². The van der Waals surface area contributed by atoms with Gasteiger partial charge in [0.1, 0.15) is 5.82 Å². The second-order valence-corrected chi connectivity index (χ2v) is 7.22. The van der Waals surface area contributed by atoms with Crippen molar-refractivity contribution in [1.82, 2.24) is 14.9 Å². The predicted molar refractivity (Wildman–Crippen MR) is 114 cm³/mol. The molecule has 2 amide bonds. The van der Waals surface area contributed by atoms with Crippen LogP contribution in [0.5, 0.6) is 0 Å². The van der Waals surface area contributed by atoms with E-state index in [1.165, 1.54) is 5.56 Å². The van der Waals surface area contributed by atoms with E-state index >= 15 is 0 Å². The second kappa shape index (κ2) is 8.33. The summed E-state index contributed by atoms with van der Waals surface area (Å²) in [5.74, 6) is 0.997. The first-order valence-corrected chi connectivity index (χ1v) is 10.1. The highest BCUT2D eigenvalue weighted by Crippen LogP contribution is 2.25. The van der Waals surface area contributed by atoms with Gasteiger partial charge >= 0.3 is 6.03 Å². The van der Waals surface area contributed by atoms with Crippen molar-refractivity contribution in [3.05, 3.63) is 53.9 Å². The lowest BCUT2D eigenvalue weighted by Crippen LogP contribution is -2.30. The molecule has 0 atom stereocenters. The van der Waals surface area contributed by atoms with Crippen molar-refractivity contribution in [3.63, 3.8) is 0 Å². The van der Waals surface area contributed by atoms with Crippen LogP contribution in [-0.4, -0.2) is 28.7 Å². The number of carbonyl (C=O) groups excluding carboxylic acids is 1. The quantitative estimate of drug-likeness (QED) is 0.604. The minimum absolute atomic E-state index is 0.188. The molecule has 0 spiro atoms. The predicted octanol–water partition coefficient (Wildman–Crippen LogP) is 4.17. The number of nitrogens with one attached hydrogen (secondary N) is 3. The van der Waals surface area contributed by atoms with Crippen LogP contribution < -0.4 is 16.0 Å². The number of anilines is 2. The molecule has 6 heteroatoms. The van der Waals surface area contributed by atoms with Crippen molar-refractivity contribution >= 4 is 28.4 Å². The smallest absolute Gasteiger partial charge is 0.319 e. The van der Waals surface area contributed by atoms with Crippen molar-refractivity contribution in [2.24, 2.45) is 0 Å². The van der Waals surface area contributed by atoms with Gasteiger partial charge < -0.3 is 20.5 Å². The molecule has 1 aromatic carbocycles. The van der Waals surface area contributed by atoms with Gasteiger partial charge in [-0.05, 0) is 49.1 Å². The SMILES string of the molecule is CCCn1ccc2c(NC(=O)NCCc3ccc4c(n3)NCCC4)cccc21. The number of fused-ring (bicyclic) bond motifs is 2. The molecule has 3 aromatic rings. The van der Waals surface area contributed by atoms with Gasteiger partial charge in [0.15, 0.2) is 0 Å². The van der Waals surface area contributed by atoms with Crippen LogP contribution in [0, 0.1) is 0 Å². The summed E-state index contributed by atoms with van der Waals surface area (Å²) < 4.78 is 2.22. The molecule has 146 valence electrons. The molecular formula is C22H27N5O. The van der Waals surface area contributed by atoms with E-state index in [0.717, 1.165) is 60.5 Å². The molecule has 0 radical (unpaired) electrons. The van der Waals surface area contributed by atoms with Crippen LogP contribution in [0.3, 0.4) is 0 Å². The van der Waals surface area contributed by atoms with E-state index in [0.29, 0.717) is 13.0 Å². The summed E-state index contributed by atoms with van der Waals surface area (Å²) in [6, 6.07) is 12.1. The van der Waals surface area contributed by atoms with Gasteiger partial charge in [-0.3, -0.25) is 0 Å². The largest absolute Gasteiger partial charge is 0.370 e. The van der Waals surface area contributed by atoms with E-state index in [1.807, 2.05) is 12.1 Å². The fourth-order valence-electron chi connectivity index (χ4n) is 3.75. The van der Waals surface area contributed by atoms with E-state index in [1.54, 1.807) is 0 Å². The average Bonchev–Trinajstić information content (AvgIpc) is 3.12. The molecule has 1 aliphatic heterocycles. The summed E-state index contributed by atoms with van der Waals surface area (Å²) >= 11 is 0. The molecule has 0 bridgehead atoms. The first-order valence-electron chi connectivity index (χ1n) is 10.1. The van der Waals surface area contributed by atoms with Crippen LogP contribution in [0.1, 0.15) is 31.0 Å². The fraction of sp³-hybridized carbons (Fsp3) is 0.364. The Bertz CT molecular complexity index is 978. The fourth-order valence-corrected chi connectivity index (χ4v) is 3.75. The number of urea groups is 1. The molecule has 2 aromatic heterocycles. The highest BCUT2D eigenvalue weighted by Gasteiger charge is 2.11. The maximum atomic E-state index is 12.3. The van der Waals surface area contributed by atoms with Crippen molar-refractivity contribution in [1.29, 1.82) is 0 Å². The van der Waals surface area contributed by atoms with Gasteiger partial charge in [-0.1, -0.05) is 19.1 Å². The molecule has 0 unspecified atom stereocenters. The van der Waals surface area contributed by atoms with E-state index < -0.39 is 0 Å². The molecule has 6 nitrogen and oxygen atoms in total. The zero-order valence-electron chi connectivity index (χ0n) is 16.3. The van der Waals surface area contributed by atoms with E-state index in [4.69, 9.17) is 0 Å². The highest BCUT2D eigenvalue weighted by atomic mass is 16.2. The molecule has 0 saturated carbocycles. The van der Waals surface area contributed by atoms with Gasteiger partial charge in [-0.15, -0.1) is 0 Å². The molecule has 4 rings (SSSR count). The number of rotatable bonds is 6. The average molecular weight is 377 g/mol. The Morgan fingerprint density at radius 3 is 3.07 bits per heavy atom. The maximum Gasteiger partial charge on any atom is 0.319 e. The number of aryl methyl sites for hydroxylation is 2. The van der Waals surface area contributed by atoms with Gasteiger partial charge in [-0.2, -0.15) is 0 Å². The summed E-state index contributed by atoms with van der Waals surface area (Å²) in [5, 5.41) is 10.3. The van der Waals surface area contributed by atoms with Crippen molar-refractivity contribution in [2.45, 2.75) is 39.2 Å². The number of pyridine rings is 1. The molecule has 3 heterocycles. The Balaban J connectivity index is 1.34. The van der Waals surface area contributed by atoms with Gasteiger partial charge in [0, 0.05) is 43.3 Å². The standard InChI is InChI=1S/C22H27N5O/c1-2-14-27-15-11-18-19(6-3-7-20(18)27)26-22(28)24-13-10-17-9-8-16-5-4-12-23-21(16)25-17/h3,6-9,11,15H,2,4-5,10,12-14H2,1H3,(H,23,25)(H2,24,26,28). The lowest BCUT2D eigenvalue weighted by atomic mass is 10.1. The summed E-state index contributed by atoms with van der Waals surface area (Å²) in [5.41, 5.74) is 4.25. The third kappa shape index (κ3) is 3.96. The molecule has 28 heavy (non-hydrogen) atoms. The first-order chi connectivity index (χ1) is 13.7. The number of aromatic nitrogens is 2. The van der Waals surface area contributed by atoms with Crippen LogP contribution in [0.4, 0.5) is 16.3 Å². The molecule has 0 fully saturated rings. The van der Waals surface area contributed by atoms with Crippen molar-refractivity contribution < 1.29 is 4.79 Å². The Labute approximate surface area is 165 Å². The van der Waals surface area contributed by atoms with Crippen molar-refractivity contribution in [3.8, 4) is 0 Å². The summed E-state index contributed by atoms with van der Waals surface area (Å²) in [6.45, 7) is 4.66. The minimum Gasteiger partial charge on any atom is -0.370 e. The van der Waals surface area contributed by atoms with Gasteiger partial charge in [0.2, 0.25) is 0 Å². The zero-order chi connectivity index (χ0) is 19.3. The third-order valence-electron chi connectivity index (χ3n) is 5.14. The molecule has 0 aliphatic carbocycles. The minimum atomic E-state index is -0.188. The Kier molecular flexibility index (Phi) is 5.46. The van der Waals surface area contributed by atoms with Crippen LogP contribution in [0.2, 0.25) is 0 Å². The second-order valence-electron chi connectivity index (χ2n) is 7.22. The summed E-state index contributed by atoms with van der Waals surface area (Å²) in [7, 11) is 0. The van der Waals surface area contributed by atoms with Gasteiger partial charge in [0.05, 0.1) is 11.2 Å². The number of amides is 2. The van der Waals surface area contributed by atoms with E-state index in [2.05, 4.69) is 62.9 Å². The number of hydrogen-bond donors (Lipinski definition) is 3. The van der Waals surface area contributed by atoms with Crippen LogP contribution in [-0.2, 0) is 19.4 Å². The molecule has 3 N–H and O–H groups in total. The lowest BCUT2D eigenvalue weighted by Gasteiger charge is -2.17. The highest BCUT2D eigenvalue weighted by molar-refractivity contribution is 6.00. The van der Waals surface area contributed by atoms with Crippen LogP contribution >= 0.6 is 0 Å². The van der Waals surface area contributed by atoms with Gasteiger partial charge in [-0.25, -0.2) is 9.78 Å². The zero-order valence-corrected chi connectivity index (χ0v) is 16.3. The lowest BCUT2D eigenvalue weighted by molar-refractivity contribution is 0.252. The van der Waals surface area contributed by atoms with E-state index in [9.17, 15) is 4.79 Å². The van der Waals surface area contributed by atoms with Crippen molar-refractivity contribution in [2.75, 3.05) is 23.7 Å². The Hall–Kier alpha value is -3.02. The Morgan fingerprint density at radius 1 is 1.25 bits per heavy atom. The third-order valence-corrected chi connectivity index (χ3v) is 5.14. The molecule has 1 aliphatic rings. The number of carbonyl (C=O) groups is 1. The molecule has 0 saturated heterocycles. The van der Waals surface area contributed by atoms with Crippen LogP contribution in [0.15, 0.2) is 42.6 Å². The topological polar surface area (TPSA) is 71.0 Å². The van der Waals surface area contributed by atoms with E-state index in [-0.39, 0.29) is 6.03 Å². The number of nitrogens with zero attached hydrogens (tertiary/aromatic N) is 2. The number of benzene rings is 1.